The van der Waals surface area contributed by atoms with E-state index in [4.69, 9.17) is 10.00 Å². The van der Waals surface area contributed by atoms with Crippen molar-refractivity contribution in [3.8, 4) is 11.8 Å². The first-order valence-corrected chi connectivity index (χ1v) is 14.1. The molecule has 7 nitrogen and oxygen atoms in total. The molecule has 3 aromatic rings. The molecule has 0 aliphatic heterocycles. The van der Waals surface area contributed by atoms with Crippen LogP contribution in [-0.2, 0) is 22.6 Å². The van der Waals surface area contributed by atoms with Gasteiger partial charge in [0.05, 0.1) is 31.4 Å². The van der Waals surface area contributed by atoms with Gasteiger partial charge in [0.25, 0.3) is 5.91 Å². The molecule has 0 aliphatic carbocycles. The summed E-state index contributed by atoms with van der Waals surface area (Å²) in [6, 6.07) is 16.3. The number of halogens is 2. The first-order chi connectivity index (χ1) is 17.3. The van der Waals surface area contributed by atoms with Gasteiger partial charge >= 0.3 is 0 Å². The van der Waals surface area contributed by atoms with Gasteiger partial charge in [-0.2, -0.15) is 10.4 Å². The number of nitrogens with zero attached hydrogens (tertiary/aromatic N) is 2. The Morgan fingerprint density at radius 2 is 1.86 bits per heavy atom. The molecule has 2 amide bonds. The Kier molecular flexibility index (Phi) is 10.7. The van der Waals surface area contributed by atoms with Crippen molar-refractivity contribution in [2.75, 3.05) is 0 Å². The fourth-order valence-electron chi connectivity index (χ4n) is 3.19. The van der Waals surface area contributed by atoms with Crippen LogP contribution in [-0.4, -0.2) is 24.1 Å². The third kappa shape index (κ3) is 8.28. The number of nitrogens with one attached hydrogen (secondary N) is 2. The highest BCUT2D eigenvalue weighted by molar-refractivity contribution is 14.1. The van der Waals surface area contributed by atoms with E-state index in [0.717, 1.165) is 28.9 Å². The second-order valence-electron chi connectivity index (χ2n) is 8.19. The molecule has 36 heavy (non-hydrogen) atoms. The zero-order chi connectivity index (χ0) is 26.1. The van der Waals surface area contributed by atoms with E-state index in [1.807, 2.05) is 55.6 Å². The number of carbonyl (C=O) groups is 2. The number of carbonyl (C=O) groups excluding carboxylic acids is 2. The largest absolute Gasteiger partial charge is 0.487 e. The lowest BCUT2D eigenvalue weighted by atomic mass is 10.0. The summed E-state index contributed by atoms with van der Waals surface area (Å²) in [5.41, 5.74) is 4.93. The minimum atomic E-state index is -0.687. The Hall–Kier alpha value is -2.50. The van der Waals surface area contributed by atoms with Crippen molar-refractivity contribution in [2.45, 2.75) is 32.9 Å². The SMILES string of the molecule is CC(C)[C@@H](NC(=O)Cc1cccs1)C(=O)NN=Cc1cc(I)c(OCc2ccc(C#N)cc2)c(I)c1. The van der Waals surface area contributed by atoms with Crippen LogP contribution in [0.25, 0.3) is 0 Å². The number of hydrazone groups is 1. The molecule has 0 radical (unpaired) electrons. The Bertz CT molecular complexity index is 1250. The van der Waals surface area contributed by atoms with Crippen LogP contribution in [0, 0.1) is 24.4 Å². The minimum Gasteiger partial charge on any atom is -0.487 e. The van der Waals surface area contributed by atoms with E-state index in [0.29, 0.717) is 12.2 Å². The van der Waals surface area contributed by atoms with Gasteiger partial charge in [-0.3, -0.25) is 9.59 Å². The molecule has 0 bridgehead atoms. The molecule has 1 aromatic heterocycles. The summed E-state index contributed by atoms with van der Waals surface area (Å²) in [6.45, 7) is 4.14. The van der Waals surface area contributed by atoms with Crippen molar-refractivity contribution < 1.29 is 14.3 Å². The van der Waals surface area contributed by atoms with Crippen molar-refractivity contribution in [1.82, 2.24) is 10.7 Å². The first kappa shape index (κ1) is 28.1. The maximum absolute atomic E-state index is 12.7. The van der Waals surface area contributed by atoms with Gasteiger partial charge in [-0.05, 0) is 97.9 Å². The summed E-state index contributed by atoms with van der Waals surface area (Å²) in [5, 5.41) is 17.8. The van der Waals surface area contributed by atoms with E-state index >= 15 is 0 Å². The van der Waals surface area contributed by atoms with E-state index in [1.165, 1.54) is 11.3 Å². The maximum Gasteiger partial charge on any atom is 0.262 e. The van der Waals surface area contributed by atoms with E-state index < -0.39 is 6.04 Å². The third-order valence-electron chi connectivity index (χ3n) is 5.06. The number of rotatable bonds is 10. The highest BCUT2D eigenvalue weighted by Crippen LogP contribution is 2.29. The normalized spacial score (nSPS) is 11.8. The maximum atomic E-state index is 12.7. The Morgan fingerprint density at radius 3 is 2.44 bits per heavy atom. The summed E-state index contributed by atoms with van der Waals surface area (Å²) in [4.78, 5) is 26.0. The van der Waals surface area contributed by atoms with Crippen LogP contribution in [0.15, 0.2) is 59.0 Å². The Morgan fingerprint density at radius 1 is 1.17 bits per heavy atom. The quantitative estimate of drug-likeness (QED) is 0.170. The van der Waals surface area contributed by atoms with Crippen LogP contribution >= 0.6 is 56.5 Å². The highest BCUT2D eigenvalue weighted by Gasteiger charge is 2.24. The second-order valence-corrected chi connectivity index (χ2v) is 11.5. The molecule has 2 aromatic carbocycles. The number of benzene rings is 2. The van der Waals surface area contributed by atoms with Gasteiger partial charge in [0, 0.05) is 4.88 Å². The smallest absolute Gasteiger partial charge is 0.262 e. The lowest BCUT2D eigenvalue weighted by Gasteiger charge is -2.20. The fraction of sp³-hybridized carbons (Fsp3) is 0.231. The lowest BCUT2D eigenvalue weighted by molar-refractivity contribution is -0.129. The fourth-order valence-corrected chi connectivity index (χ4v) is 6.02. The average molecular weight is 726 g/mol. The summed E-state index contributed by atoms with van der Waals surface area (Å²) >= 11 is 5.91. The summed E-state index contributed by atoms with van der Waals surface area (Å²) in [7, 11) is 0. The van der Waals surface area contributed by atoms with E-state index in [2.05, 4.69) is 67.1 Å². The summed E-state index contributed by atoms with van der Waals surface area (Å²) in [5.74, 6) is 0.0977. The zero-order valence-corrected chi connectivity index (χ0v) is 24.8. The van der Waals surface area contributed by atoms with E-state index in [1.54, 1.807) is 18.3 Å². The van der Waals surface area contributed by atoms with Crippen molar-refractivity contribution in [2.24, 2.45) is 11.0 Å². The molecule has 0 fully saturated rings. The van der Waals surface area contributed by atoms with Crippen LogP contribution < -0.4 is 15.5 Å². The molecule has 186 valence electrons. The molecule has 0 saturated carbocycles. The number of thiophene rings is 1. The first-order valence-electron chi connectivity index (χ1n) is 11.0. The molecule has 0 saturated heterocycles. The standard InChI is InChI=1S/C26H24I2N4O3S/c1-16(2)24(31-23(33)12-20-4-3-9-36-20)26(34)32-30-14-19-10-21(27)25(22(28)11-19)35-15-18-7-5-17(13-29)6-8-18/h3-11,14,16,24H,12,15H2,1-2H3,(H,31,33)(H,32,34)/t24-/m1/s1. The Labute approximate surface area is 241 Å². The van der Waals surface area contributed by atoms with E-state index in [-0.39, 0.29) is 24.2 Å². The number of nitriles is 1. The molecule has 2 N–H and O–H groups in total. The van der Waals surface area contributed by atoms with Gasteiger partial charge in [-0.25, -0.2) is 5.43 Å². The monoisotopic (exact) mass is 726 g/mol. The molecule has 0 unspecified atom stereocenters. The molecule has 1 heterocycles. The number of hydrogen-bond donors (Lipinski definition) is 2. The molecule has 0 aliphatic rings. The third-order valence-corrected chi connectivity index (χ3v) is 7.53. The molecule has 1 atom stereocenters. The van der Waals surface area contributed by atoms with Gasteiger partial charge < -0.3 is 10.1 Å². The summed E-state index contributed by atoms with van der Waals surface area (Å²) < 4.78 is 7.81. The Balaban J connectivity index is 1.58. The van der Waals surface area contributed by atoms with Crippen molar-refractivity contribution in [3.63, 3.8) is 0 Å². The van der Waals surface area contributed by atoms with Gasteiger partial charge in [0.2, 0.25) is 5.91 Å². The van der Waals surface area contributed by atoms with Crippen LogP contribution in [0.1, 0.15) is 35.4 Å². The van der Waals surface area contributed by atoms with Crippen molar-refractivity contribution >= 4 is 74.5 Å². The topological polar surface area (TPSA) is 104 Å². The van der Waals surface area contributed by atoms with Gasteiger partial charge in [0.1, 0.15) is 18.4 Å². The second kappa shape index (κ2) is 13.7. The van der Waals surface area contributed by atoms with E-state index in [9.17, 15) is 9.59 Å². The van der Waals surface area contributed by atoms with Gasteiger partial charge in [0.15, 0.2) is 0 Å². The number of amides is 2. The number of hydrogen-bond acceptors (Lipinski definition) is 6. The molecular weight excluding hydrogens is 702 g/mol. The van der Waals surface area contributed by atoms with Crippen molar-refractivity contribution in [1.29, 1.82) is 5.26 Å². The average Bonchev–Trinajstić information content (AvgIpc) is 3.35. The zero-order valence-electron chi connectivity index (χ0n) is 19.6. The molecular formula is C26H24I2N4O3S. The molecule has 0 spiro atoms. The molecule has 10 heteroatoms. The minimum absolute atomic E-state index is 0.0954. The number of ether oxygens (including phenoxy) is 1. The predicted molar refractivity (Wildman–Crippen MR) is 158 cm³/mol. The van der Waals surface area contributed by atoms with Gasteiger partial charge in [-0.1, -0.05) is 32.0 Å². The van der Waals surface area contributed by atoms with Gasteiger partial charge in [-0.15, -0.1) is 11.3 Å². The predicted octanol–water partition coefficient (Wildman–Crippen LogP) is 5.24. The van der Waals surface area contributed by atoms with Crippen LogP contribution in [0.5, 0.6) is 5.75 Å². The molecule has 3 rings (SSSR count). The van der Waals surface area contributed by atoms with Crippen LogP contribution in [0.4, 0.5) is 0 Å². The van der Waals surface area contributed by atoms with Crippen molar-refractivity contribution in [3.05, 3.63) is 82.6 Å². The lowest BCUT2D eigenvalue weighted by Crippen LogP contribution is -2.49. The van der Waals surface area contributed by atoms with Crippen LogP contribution in [0.3, 0.4) is 0 Å². The highest BCUT2D eigenvalue weighted by atomic mass is 127. The summed E-state index contributed by atoms with van der Waals surface area (Å²) in [6.07, 6.45) is 1.81. The van der Waals surface area contributed by atoms with Crippen LogP contribution in [0.2, 0.25) is 0 Å².